The second kappa shape index (κ2) is 6.31. The Hall–Kier alpha value is -1.15. The molecule has 1 unspecified atom stereocenters. The molecule has 2 atom stereocenters. The van der Waals surface area contributed by atoms with E-state index in [0.29, 0.717) is 0 Å². The van der Waals surface area contributed by atoms with Crippen LogP contribution in [0.4, 0.5) is 4.79 Å². The first kappa shape index (κ1) is 17.9. The van der Waals surface area contributed by atoms with E-state index in [0.717, 1.165) is 4.31 Å². The van der Waals surface area contributed by atoms with Gasteiger partial charge in [0, 0.05) is 0 Å². The van der Waals surface area contributed by atoms with Gasteiger partial charge >= 0.3 is 12.1 Å². The summed E-state index contributed by atoms with van der Waals surface area (Å²) in [7, 11) is 0. The molecule has 0 aromatic rings. The van der Waals surface area contributed by atoms with Crippen molar-refractivity contribution in [2.75, 3.05) is 6.61 Å². The summed E-state index contributed by atoms with van der Waals surface area (Å²) in [6.07, 6.45) is -0.866. The normalized spacial score (nSPS) is 23.0. The average Bonchev–Trinajstić information content (AvgIpc) is 2.53. The summed E-state index contributed by atoms with van der Waals surface area (Å²) < 4.78 is 28.0. The van der Waals surface area contributed by atoms with Crippen molar-refractivity contribution >= 4 is 23.3 Å². The highest BCUT2D eigenvalue weighted by Crippen LogP contribution is 2.22. The number of amides is 1. The molecule has 1 heterocycles. The van der Waals surface area contributed by atoms with E-state index in [9.17, 15) is 13.8 Å². The summed E-state index contributed by atoms with van der Waals surface area (Å²) in [5.41, 5.74) is -1.34. The Labute approximate surface area is 127 Å². The van der Waals surface area contributed by atoms with Gasteiger partial charge in [-0.05, 0) is 41.5 Å². The Morgan fingerprint density at radius 1 is 1.14 bits per heavy atom. The van der Waals surface area contributed by atoms with Crippen LogP contribution in [0.5, 0.6) is 0 Å². The molecule has 1 fully saturated rings. The van der Waals surface area contributed by atoms with Gasteiger partial charge in [0.2, 0.25) is 0 Å². The van der Waals surface area contributed by atoms with Gasteiger partial charge in [-0.3, -0.25) is 8.98 Å². The molecule has 1 saturated heterocycles. The van der Waals surface area contributed by atoms with Crippen LogP contribution in [0.15, 0.2) is 0 Å². The van der Waals surface area contributed by atoms with E-state index in [2.05, 4.69) is 0 Å². The van der Waals surface area contributed by atoms with Crippen LogP contribution in [-0.2, 0) is 29.7 Å². The zero-order valence-electron chi connectivity index (χ0n) is 13.3. The lowest BCUT2D eigenvalue weighted by Crippen LogP contribution is -2.42. The fourth-order valence-corrected chi connectivity index (χ4v) is 2.54. The second-order valence-corrected chi connectivity index (χ2v) is 7.82. The monoisotopic (exact) mass is 321 g/mol. The third kappa shape index (κ3) is 6.01. The minimum atomic E-state index is -1.94. The Bertz CT molecular complexity index is 437. The van der Waals surface area contributed by atoms with Crippen LogP contribution < -0.4 is 0 Å². The van der Waals surface area contributed by atoms with Crippen molar-refractivity contribution in [3.05, 3.63) is 0 Å². The highest BCUT2D eigenvalue weighted by molar-refractivity contribution is 7.78. The molecule has 0 aromatic carbocycles. The lowest BCUT2D eigenvalue weighted by atomic mass is 10.1. The van der Waals surface area contributed by atoms with Crippen LogP contribution in [-0.4, -0.2) is 44.4 Å². The molecule has 0 aliphatic carbocycles. The van der Waals surface area contributed by atoms with Gasteiger partial charge in [-0.2, -0.15) is 4.31 Å². The molecule has 1 rings (SSSR count). The molecule has 8 heteroatoms. The summed E-state index contributed by atoms with van der Waals surface area (Å²) in [5.74, 6) is -0.483. The number of carbonyl (C=O) groups is 2. The molecule has 7 nitrogen and oxygen atoms in total. The standard InChI is InChI=1S/C13H23NO6S/c1-12(2,3)19-10(15)7-9-8-18-21(17)14(9)11(16)20-13(4,5)6/h9H,7-8H2,1-6H3/t9-,21?/m1/s1. The summed E-state index contributed by atoms with van der Waals surface area (Å²) in [4.78, 5) is 23.8. The Balaban J connectivity index is 2.71. The van der Waals surface area contributed by atoms with Gasteiger partial charge in [0.15, 0.2) is 0 Å². The van der Waals surface area contributed by atoms with Crippen molar-refractivity contribution in [3.63, 3.8) is 0 Å². The average molecular weight is 321 g/mol. The highest BCUT2D eigenvalue weighted by Gasteiger charge is 2.41. The molecular formula is C13H23NO6S. The number of rotatable bonds is 2. The van der Waals surface area contributed by atoms with E-state index in [-0.39, 0.29) is 13.0 Å². The minimum absolute atomic E-state index is 0.00506. The smallest absolute Gasteiger partial charge is 0.424 e. The number of ether oxygens (including phenoxy) is 2. The van der Waals surface area contributed by atoms with Crippen molar-refractivity contribution in [2.45, 2.75) is 65.2 Å². The number of hydrogen-bond acceptors (Lipinski definition) is 6. The third-order valence-electron chi connectivity index (χ3n) is 2.25. The van der Waals surface area contributed by atoms with Gasteiger partial charge in [-0.15, -0.1) is 0 Å². The van der Waals surface area contributed by atoms with Crippen LogP contribution in [0, 0.1) is 0 Å². The third-order valence-corrected chi connectivity index (χ3v) is 3.36. The van der Waals surface area contributed by atoms with Crippen molar-refractivity contribution in [1.82, 2.24) is 4.31 Å². The predicted molar refractivity (Wildman–Crippen MR) is 76.4 cm³/mol. The van der Waals surface area contributed by atoms with Gasteiger partial charge in [-0.1, -0.05) is 0 Å². The van der Waals surface area contributed by atoms with Crippen LogP contribution in [0.3, 0.4) is 0 Å². The van der Waals surface area contributed by atoms with E-state index >= 15 is 0 Å². The topological polar surface area (TPSA) is 82.1 Å². The fourth-order valence-electron chi connectivity index (χ4n) is 1.62. The minimum Gasteiger partial charge on any atom is -0.460 e. The molecule has 0 N–H and O–H groups in total. The highest BCUT2D eigenvalue weighted by atomic mass is 32.2. The Kier molecular flexibility index (Phi) is 5.38. The van der Waals surface area contributed by atoms with Gasteiger partial charge in [0.25, 0.3) is 11.3 Å². The van der Waals surface area contributed by atoms with E-state index in [1.165, 1.54) is 0 Å². The summed E-state index contributed by atoms with van der Waals surface area (Å²) in [6, 6.07) is -0.657. The number of nitrogens with zero attached hydrogens (tertiary/aromatic N) is 1. The van der Waals surface area contributed by atoms with Crippen LogP contribution in [0.1, 0.15) is 48.0 Å². The first-order valence-corrected chi connectivity index (χ1v) is 7.71. The second-order valence-electron chi connectivity index (χ2n) is 6.75. The van der Waals surface area contributed by atoms with Crippen LogP contribution in [0.25, 0.3) is 0 Å². The molecule has 21 heavy (non-hydrogen) atoms. The van der Waals surface area contributed by atoms with E-state index < -0.39 is 40.6 Å². The molecule has 0 saturated carbocycles. The maximum atomic E-state index is 12.0. The molecule has 0 spiro atoms. The summed E-state index contributed by atoms with van der Waals surface area (Å²) in [5, 5.41) is 0. The van der Waals surface area contributed by atoms with Crippen molar-refractivity contribution in [2.24, 2.45) is 0 Å². The first-order chi connectivity index (χ1) is 9.39. The lowest BCUT2D eigenvalue weighted by Gasteiger charge is -2.26. The zero-order chi connectivity index (χ0) is 16.4. The molecule has 0 radical (unpaired) electrons. The SMILES string of the molecule is CC(C)(C)OC(=O)C[C@@H]1COS(=O)N1C(=O)OC(C)(C)C. The molecule has 1 aliphatic rings. The molecule has 0 aromatic heterocycles. The Morgan fingerprint density at radius 2 is 1.67 bits per heavy atom. The van der Waals surface area contributed by atoms with Crippen molar-refractivity contribution < 1.29 is 27.5 Å². The Morgan fingerprint density at radius 3 is 2.14 bits per heavy atom. The maximum Gasteiger partial charge on any atom is 0.424 e. The van der Waals surface area contributed by atoms with Crippen molar-refractivity contribution in [3.8, 4) is 0 Å². The van der Waals surface area contributed by atoms with E-state index in [1.807, 2.05) is 0 Å². The predicted octanol–water partition coefficient (Wildman–Crippen LogP) is 1.93. The van der Waals surface area contributed by atoms with Gasteiger partial charge in [0.05, 0.1) is 19.1 Å². The van der Waals surface area contributed by atoms with Crippen molar-refractivity contribution in [1.29, 1.82) is 0 Å². The molecule has 122 valence electrons. The molecule has 1 aliphatic heterocycles. The largest absolute Gasteiger partial charge is 0.460 e. The lowest BCUT2D eigenvalue weighted by molar-refractivity contribution is -0.155. The fraction of sp³-hybridized carbons (Fsp3) is 0.846. The molecule has 1 amide bonds. The number of carbonyl (C=O) groups excluding carboxylic acids is 2. The summed E-state index contributed by atoms with van der Waals surface area (Å²) in [6.45, 7) is 10.4. The van der Waals surface area contributed by atoms with E-state index in [1.54, 1.807) is 41.5 Å². The summed E-state index contributed by atoms with van der Waals surface area (Å²) >= 11 is -1.94. The van der Waals surface area contributed by atoms with Crippen LogP contribution in [0.2, 0.25) is 0 Å². The van der Waals surface area contributed by atoms with Crippen LogP contribution >= 0.6 is 0 Å². The maximum absolute atomic E-state index is 12.0. The van der Waals surface area contributed by atoms with Gasteiger partial charge in [-0.25, -0.2) is 9.00 Å². The first-order valence-electron chi connectivity index (χ1n) is 6.68. The number of hydrogen-bond donors (Lipinski definition) is 0. The number of esters is 1. The van der Waals surface area contributed by atoms with Gasteiger partial charge < -0.3 is 9.47 Å². The molecular weight excluding hydrogens is 298 g/mol. The molecule has 0 bridgehead atoms. The quantitative estimate of drug-likeness (QED) is 0.723. The van der Waals surface area contributed by atoms with Gasteiger partial charge in [0.1, 0.15) is 11.2 Å². The van der Waals surface area contributed by atoms with E-state index in [4.69, 9.17) is 13.7 Å². The zero-order valence-corrected chi connectivity index (χ0v) is 14.1.